The monoisotopic (exact) mass is 243 g/mol. The van der Waals surface area contributed by atoms with Gasteiger partial charge in [0.05, 0.1) is 0 Å². The zero-order chi connectivity index (χ0) is 13.1. The molecule has 0 aromatic heterocycles. The van der Waals surface area contributed by atoms with Gasteiger partial charge in [0.1, 0.15) is 6.04 Å². The molecule has 0 fully saturated rings. The second-order valence-electron chi connectivity index (χ2n) is 4.53. The van der Waals surface area contributed by atoms with Crippen molar-refractivity contribution in [2.75, 3.05) is 7.05 Å². The fourth-order valence-corrected chi connectivity index (χ4v) is 1.87. The first-order valence-corrected chi connectivity index (χ1v) is 6.53. The number of nitrogens with zero attached hydrogens (tertiary/aromatic N) is 1. The molecule has 1 amide bonds. The van der Waals surface area contributed by atoms with E-state index in [4.69, 9.17) is 5.11 Å². The molecular formula is C13H25NO3. The minimum Gasteiger partial charge on any atom is -0.480 e. The number of carboxylic acid groups (broad SMARTS) is 1. The van der Waals surface area contributed by atoms with E-state index < -0.39 is 12.0 Å². The number of amides is 1. The van der Waals surface area contributed by atoms with Crippen LogP contribution in [0.4, 0.5) is 0 Å². The lowest BCUT2D eigenvalue weighted by Gasteiger charge is -2.20. The Kier molecular flexibility index (Phi) is 9.49. The fraction of sp³-hybridized carbons (Fsp3) is 0.846. The Bertz CT molecular complexity index is 219. The van der Waals surface area contributed by atoms with Crippen molar-refractivity contribution in [2.24, 2.45) is 0 Å². The van der Waals surface area contributed by atoms with E-state index in [2.05, 4.69) is 6.92 Å². The molecule has 1 unspecified atom stereocenters. The van der Waals surface area contributed by atoms with Gasteiger partial charge >= 0.3 is 5.97 Å². The number of carbonyl (C=O) groups is 2. The minimum atomic E-state index is -0.911. The van der Waals surface area contributed by atoms with Gasteiger partial charge in [-0.3, -0.25) is 4.79 Å². The Morgan fingerprint density at radius 3 is 2.18 bits per heavy atom. The number of carbonyl (C=O) groups excluding carboxylic acids is 1. The van der Waals surface area contributed by atoms with Crippen molar-refractivity contribution in [1.82, 2.24) is 4.90 Å². The molecule has 4 heteroatoms. The highest BCUT2D eigenvalue weighted by molar-refractivity contribution is 5.76. The van der Waals surface area contributed by atoms with E-state index in [1.807, 2.05) is 0 Å². The summed E-state index contributed by atoms with van der Waals surface area (Å²) in [5.41, 5.74) is 0. The summed E-state index contributed by atoms with van der Waals surface area (Å²) in [7, 11) is 1.52. The van der Waals surface area contributed by atoms with E-state index in [-0.39, 0.29) is 0 Å². The third-order valence-electron chi connectivity index (χ3n) is 3.02. The molecule has 4 nitrogen and oxygen atoms in total. The molecule has 0 radical (unpaired) electrons. The molecule has 0 saturated heterocycles. The van der Waals surface area contributed by atoms with Gasteiger partial charge in [0.25, 0.3) is 0 Å². The number of carboxylic acids is 1. The average molecular weight is 243 g/mol. The predicted molar refractivity (Wildman–Crippen MR) is 67.9 cm³/mol. The quantitative estimate of drug-likeness (QED) is 0.448. The molecule has 0 aromatic rings. The van der Waals surface area contributed by atoms with Crippen molar-refractivity contribution >= 4 is 12.4 Å². The van der Waals surface area contributed by atoms with Crippen LogP contribution in [0.2, 0.25) is 0 Å². The first-order valence-electron chi connectivity index (χ1n) is 6.53. The van der Waals surface area contributed by atoms with Crippen LogP contribution >= 0.6 is 0 Å². The lowest BCUT2D eigenvalue weighted by atomic mass is 10.0. The van der Waals surface area contributed by atoms with Crippen molar-refractivity contribution in [2.45, 2.75) is 64.3 Å². The van der Waals surface area contributed by atoms with Crippen LogP contribution in [0.15, 0.2) is 0 Å². The van der Waals surface area contributed by atoms with Crippen molar-refractivity contribution in [1.29, 1.82) is 0 Å². The second-order valence-corrected chi connectivity index (χ2v) is 4.53. The summed E-state index contributed by atoms with van der Waals surface area (Å²) in [6.07, 6.45) is 9.26. The predicted octanol–water partition coefficient (Wildman–Crippen LogP) is 2.67. The molecule has 0 saturated carbocycles. The number of hydrogen-bond acceptors (Lipinski definition) is 2. The molecule has 0 spiro atoms. The molecule has 100 valence electrons. The van der Waals surface area contributed by atoms with Crippen molar-refractivity contribution in [3.63, 3.8) is 0 Å². The van der Waals surface area contributed by atoms with E-state index in [9.17, 15) is 9.59 Å². The third kappa shape index (κ3) is 7.77. The highest BCUT2D eigenvalue weighted by atomic mass is 16.4. The first kappa shape index (κ1) is 15.9. The highest BCUT2D eigenvalue weighted by Gasteiger charge is 2.20. The number of likely N-dealkylation sites (N-methyl/N-ethyl adjacent to an activating group) is 1. The third-order valence-corrected chi connectivity index (χ3v) is 3.02. The molecule has 17 heavy (non-hydrogen) atoms. The van der Waals surface area contributed by atoms with Gasteiger partial charge in [0.15, 0.2) is 0 Å². The summed E-state index contributed by atoms with van der Waals surface area (Å²) in [6, 6.07) is -0.664. The average Bonchev–Trinajstić information content (AvgIpc) is 2.31. The standard InChI is InChI=1S/C13H25NO3/c1-3-4-5-6-7-8-9-10-12(13(16)17)14(2)11-15/h11-12H,3-10H2,1-2H3,(H,16,17). The van der Waals surface area contributed by atoms with Gasteiger partial charge in [0, 0.05) is 7.05 Å². The van der Waals surface area contributed by atoms with E-state index in [0.717, 1.165) is 19.3 Å². The Labute approximate surface area is 104 Å². The fourth-order valence-electron chi connectivity index (χ4n) is 1.87. The lowest BCUT2D eigenvalue weighted by molar-refractivity contribution is -0.145. The van der Waals surface area contributed by atoms with Crippen LogP contribution in [0.25, 0.3) is 0 Å². The molecule has 1 N–H and O–H groups in total. The summed E-state index contributed by atoms with van der Waals surface area (Å²) in [5.74, 6) is -0.911. The molecule has 0 aliphatic carbocycles. The summed E-state index contributed by atoms with van der Waals surface area (Å²) in [4.78, 5) is 22.7. The van der Waals surface area contributed by atoms with Crippen LogP contribution in [-0.4, -0.2) is 35.5 Å². The van der Waals surface area contributed by atoms with Gasteiger partial charge in [0.2, 0.25) is 6.41 Å². The van der Waals surface area contributed by atoms with Gasteiger partial charge in [-0.05, 0) is 6.42 Å². The number of rotatable bonds is 11. The van der Waals surface area contributed by atoms with Crippen molar-refractivity contribution in [3.8, 4) is 0 Å². The van der Waals surface area contributed by atoms with Crippen LogP contribution in [0.3, 0.4) is 0 Å². The van der Waals surface area contributed by atoms with Crippen LogP contribution in [0.1, 0.15) is 58.3 Å². The summed E-state index contributed by atoms with van der Waals surface area (Å²) in [5, 5.41) is 8.95. The Balaban J connectivity index is 3.62. The zero-order valence-electron chi connectivity index (χ0n) is 11.0. The molecule has 0 heterocycles. The molecule has 0 aliphatic heterocycles. The van der Waals surface area contributed by atoms with Crippen LogP contribution in [0, 0.1) is 0 Å². The normalized spacial score (nSPS) is 12.1. The van der Waals surface area contributed by atoms with Crippen LogP contribution in [-0.2, 0) is 9.59 Å². The topological polar surface area (TPSA) is 57.6 Å². The minimum absolute atomic E-state index is 0.554. The number of aliphatic carboxylic acids is 1. The van der Waals surface area contributed by atoms with Gasteiger partial charge in [-0.1, -0.05) is 51.9 Å². The van der Waals surface area contributed by atoms with E-state index >= 15 is 0 Å². The van der Waals surface area contributed by atoms with E-state index in [1.165, 1.54) is 37.6 Å². The van der Waals surface area contributed by atoms with Gasteiger partial charge in [-0.2, -0.15) is 0 Å². The van der Waals surface area contributed by atoms with Crippen molar-refractivity contribution < 1.29 is 14.7 Å². The maximum absolute atomic E-state index is 10.9. The number of unbranched alkanes of at least 4 members (excludes halogenated alkanes) is 6. The maximum Gasteiger partial charge on any atom is 0.326 e. The second kappa shape index (κ2) is 10.1. The van der Waals surface area contributed by atoms with Crippen LogP contribution in [0.5, 0.6) is 0 Å². The maximum atomic E-state index is 10.9. The summed E-state index contributed by atoms with van der Waals surface area (Å²) in [6.45, 7) is 2.19. The Morgan fingerprint density at radius 2 is 1.71 bits per heavy atom. The lowest BCUT2D eigenvalue weighted by Crippen LogP contribution is -2.37. The molecule has 1 atom stereocenters. The Morgan fingerprint density at radius 1 is 1.18 bits per heavy atom. The SMILES string of the molecule is CCCCCCCCCC(C(=O)O)N(C)C=O. The van der Waals surface area contributed by atoms with Gasteiger partial charge in [-0.15, -0.1) is 0 Å². The van der Waals surface area contributed by atoms with Crippen molar-refractivity contribution in [3.05, 3.63) is 0 Å². The van der Waals surface area contributed by atoms with Gasteiger partial charge < -0.3 is 10.0 Å². The highest BCUT2D eigenvalue weighted by Crippen LogP contribution is 2.11. The smallest absolute Gasteiger partial charge is 0.326 e. The first-order chi connectivity index (χ1) is 8.13. The van der Waals surface area contributed by atoms with E-state index in [0.29, 0.717) is 12.8 Å². The van der Waals surface area contributed by atoms with E-state index in [1.54, 1.807) is 0 Å². The number of hydrogen-bond donors (Lipinski definition) is 1. The van der Waals surface area contributed by atoms with Gasteiger partial charge in [-0.25, -0.2) is 4.79 Å². The molecule has 0 bridgehead atoms. The molecular weight excluding hydrogens is 218 g/mol. The molecule has 0 aromatic carbocycles. The molecule has 0 aliphatic rings. The largest absolute Gasteiger partial charge is 0.480 e. The summed E-state index contributed by atoms with van der Waals surface area (Å²) < 4.78 is 0. The summed E-state index contributed by atoms with van der Waals surface area (Å²) >= 11 is 0. The molecule has 0 rings (SSSR count). The Hall–Kier alpha value is -1.06. The zero-order valence-corrected chi connectivity index (χ0v) is 11.0. The van der Waals surface area contributed by atoms with Crippen LogP contribution < -0.4 is 0 Å².